The zero-order chi connectivity index (χ0) is 15.3. The highest BCUT2D eigenvalue weighted by molar-refractivity contribution is 6.29. The lowest BCUT2D eigenvalue weighted by Gasteiger charge is -2.25. The second kappa shape index (κ2) is 4.71. The minimum absolute atomic E-state index is 0.150. The lowest BCUT2D eigenvalue weighted by Crippen LogP contribution is -2.42. The Morgan fingerprint density at radius 1 is 1.05 bits per heavy atom. The third-order valence-corrected chi connectivity index (χ3v) is 4.89. The van der Waals surface area contributed by atoms with Gasteiger partial charge in [-0.1, -0.05) is 23.7 Å². The molecule has 0 bridgehead atoms. The molecule has 0 spiro atoms. The number of hydrogen-bond donors (Lipinski definition) is 1. The van der Waals surface area contributed by atoms with E-state index >= 15 is 0 Å². The number of benzene rings is 1. The molecule has 0 saturated heterocycles. The number of amides is 2. The quantitative estimate of drug-likeness (QED) is 0.879. The van der Waals surface area contributed by atoms with Gasteiger partial charge in [0.05, 0.1) is 16.7 Å². The number of aryl methyl sites for hydroxylation is 1. The van der Waals surface area contributed by atoms with Crippen LogP contribution in [0.4, 0.5) is 0 Å². The molecule has 5 heteroatoms. The molecule has 2 amide bonds. The lowest BCUT2D eigenvalue weighted by atomic mass is 10.1. The van der Waals surface area contributed by atoms with Gasteiger partial charge < -0.3 is 4.98 Å². The lowest BCUT2D eigenvalue weighted by molar-refractivity contribution is 0.0550. The van der Waals surface area contributed by atoms with Crippen LogP contribution in [0.15, 0.2) is 36.4 Å². The van der Waals surface area contributed by atoms with E-state index in [0.29, 0.717) is 16.3 Å². The number of hydrogen-bond acceptors (Lipinski definition) is 2. The Bertz CT molecular complexity index is 741. The van der Waals surface area contributed by atoms with Crippen LogP contribution in [0.3, 0.4) is 0 Å². The summed E-state index contributed by atoms with van der Waals surface area (Å²) in [5.41, 5.74) is 1.78. The van der Waals surface area contributed by atoms with Crippen molar-refractivity contribution in [2.75, 3.05) is 0 Å². The molecule has 1 aromatic carbocycles. The zero-order valence-electron chi connectivity index (χ0n) is 11.9. The van der Waals surface area contributed by atoms with E-state index in [9.17, 15) is 9.59 Å². The van der Waals surface area contributed by atoms with Crippen molar-refractivity contribution in [3.05, 3.63) is 58.4 Å². The molecular formula is C17H15ClN2O2. The predicted octanol–water partition coefficient (Wildman–Crippen LogP) is 3.43. The molecule has 0 atom stereocenters. The molecule has 1 aliphatic heterocycles. The molecular weight excluding hydrogens is 300 g/mol. The Kier molecular flexibility index (Phi) is 2.91. The predicted molar refractivity (Wildman–Crippen MR) is 83.0 cm³/mol. The topological polar surface area (TPSA) is 53.2 Å². The first kappa shape index (κ1) is 13.6. The first-order chi connectivity index (χ1) is 10.6. The minimum atomic E-state index is -0.315. The summed E-state index contributed by atoms with van der Waals surface area (Å²) in [7, 11) is 0. The molecule has 2 aromatic rings. The fourth-order valence-corrected chi connectivity index (χ4v) is 3.46. The van der Waals surface area contributed by atoms with Crippen LogP contribution in [0.2, 0.25) is 5.15 Å². The van der Waals surface area contributed by atoms with Crippen molar-refractivity contribution in [1.29, 1.82) is 0 Å². The van der Waals surface area contributed by atoms with Gasteiger partial charge in [0, 0.05) is 5.69 Å². The second-order valence-corrected chi connectivity index (χ2v) is 6.45. The third-order valence-electron chi connectivity index (χ3n) is 4.67. The molecule has 2 heterocycles. The number of aromatic nitrogens is 1. The van der Waals surface area contributed by atoms with Crippen LogP contribution in [0.25, 0.3) is 0 Å². The van der Waals surface area contributed by atoms with Crippen LogP contribution < -0.4 is 0 Å². The number of nitrogens with one attached hydrogen (secondary N) is 1. The molecule has 0 unspecified atom stereocenters. The summed E-state index contributed by atoms with van der Waals surface area (Å²) in [5, 5.41) is 0.612. The van der Waals surface area contributed by atoms with E-state index in [1.807, 2.05) is 12.1 Å². The number of halogens is 1. The van der Waals surface area contributed by atoms with E-state index < -0.39 is 0 Å². The summed E-state index contributed by atoms with van der Waals surface area (Å²) in [6, 6.07) is 10.8. The Balaban J connectivity index is 1.57. The zero-order valence-corrected chi connectivity index (χ0v) is 12.7. The molecule has 4 rings (SSSR count). The minimum Gasteiger partial charge on any atom is -0.350 e. The molecule has 2 aliphatic rings. The average Bonchev–Trinajstić information content (AvgIpc) is 3.11. The number of rotatable bonds is 4. The van der Waals surface area contributed by atoms with Crippen molar-refractivity contribution >= 4 is 23.4 Å². The molecule has 4 nitrogen and oxygen atoms in total. The largest absolute Gasteiger partial charge is 0.350 e. The van der Waals surface area contributed by atoms with Crippen LogP contribution in [-0.2, 0) is 6.42 Å². The van der Waals surface area contributed by atoms with Gasteiger partial charge in [-0.15, -0.1) is 0 Å². The molecule has 1 N–H and O–H groups in total. The van der Waals surface area contributed by atoms with Crippen LogP contribution in [0.1, 0.15) is 45.7 Å². The number of imide groups is 1. The van der Waals surface area contributed by atoms with Crippen molar-refractivity contribution in [1.82, 2.24) is 9.88 Å². The summed E-state index contributed by atoms with van der Waals surface area (Å²) in [4.78, 5) is 29.7. The Hall–Kier alpha value is -2.07. The highest BCUT2D eigenvalue weighted by Gasteiger charge is 2.55. The van der Waals surface area contributed by atoms with Gasteiger partial charge in [0.2, 0.25) is 0 Å². The van der Waals surface area contributed by atoms with E-state index in [1.165, 1.54) is 4.90 Å². The molecule has 112 valence electrons. The first-order valence-corrected chi connectivity index (χ1v) is 7.80. The number of carbonyl (C=O) groups excluding carboxylic acids is 2. The van der Waals surface area contributed by atoms with Crippen LogP contribution >= 0.6 is 11.6 Å². The monoisotopic (exact) mass is 314 g/mol. The number of H-pyrrole nitrogens is 1. The molecule has 1 aromatic heterocycles. The van der Waals surface area contributed by atoms with Gasteiger partial charge in [0.1, 0.15) is 5.15 Å². The van der Waals surface area contributed by atoms with Gasteiger partial charge in [0.15, 0.2) is 0 Å². The standard InChI is InChI=1S/C17H15ClN2O2/c18-14-6-5-11(19-14)7-8-17(9-10-17)20-15(21)12-3-1-2-4-13(12)16(20)22/h1-6,19H,7-10H2. The second-order valence-electron chi connectivity index (χ2n) is 6.05. The summed E-state index contributed by atoms with van der Waals surface area (Å²) >= 11 is 5.89. The maximum Gasteiger partial charge on any atom is 0.262 e. The van der Waals surface area contributed by atoms with E-state index in [2.05, 4.69) is 4.98 Å². The van der Waals surface area contributed by atoms with E-state index in [0.717, 1.165) is 31.4 Å². The molecule has 1 aliphatic carbocycles. The number of nitrogens with zero attached hydrogens (tertiary/aromatic N) is 1. The summed E-state index contributed by atoms with van der Waals surface area (Å²) in [6.07, 6.45) is 3.31. The molecule has 0 radical (unpaired) electrons. The van der Waals surface area contributed by atoms with Crippen molar-refractivity contribution in [2.24, 2.45) is 0 Å². The number of aromatic amines is 1. The third kappa shape index (κ3) is 1.98. The Morgan fingerprint density at radius 3 is 2.18 bits per heavy atom. The average molecular weight is 315 g/mol. The summed E-state index contributed by atoms with van der Waals surface area (Å²) < 4.78 is 0. The van der Waals surface area contributed by atoms with Gasteiger partial charge >= 0.3 is 0 Å². The highest BCUT2D eigenvalue weighted by atomic mass is 35.5. The Labute approximate surface area is 133 Å². The van der Waals surface area contributed by atoms with Crippen LogP contribution in [0.5, 0.6) is 0 Å². The molecule has 22 heavy (non-hydrogen) atoms. The van der Waals surface area contributed by atoms with Gasteiger partial charge in [0.25, 0.3) is 11.8 Å². The van der Waals surface area contributed by atoms with Crippen LogP contribution in [0, 0.1) is 0 Å². The van der Waals surface area contributed by atoms with Crippen molar-refractivity contribution < 1.29 is 9.59 Å². The van der Waals surface area contributed by atoms with Crippen molar-refractivity contribution in [2.45, 2.75) is 31.2 Å². The molecule has 1 fully saturated rings. The summed E-state index contributed by atoms with van der Waals surface area (Å²) in [5.74, 6) is -0.301. The first-order valence-electron chi connectivity index (χ1n) is 7.42. The van der Waals surface area contributed by atoms with Gasteiger partial charge in [-0.25, -0.2) is 0 Å². The Morgan fingerprint density at radius 2 is 1.68 bits per heavy atom. The van der Waals surface area contributed by atoms with Gasteiger partial charge in [-0.05, 0) is 49.9 Å². The maximum absolute atomic E-state index is 12.6. The van der Waals surface area contributed by atoms with Gasteiger partial charge in [-0.2, -0.15) is 0 Å². The fraction of sp³-hybridized carbons (Fsp3) is 0.294. The fourth-order valence-electron chi connectivity index (χ4n) is 3.27. The van der Waals surface area contributed by atoms with Crippen molar-refractivity contribution in [3.8, 4) is 0 Å². The van der Waals surface area contributed by atoms with E-state index in [4.69, 9.17) is 11.6 Å². The smallest absolute Gasteiger partial charge is 0.262 e. The van der Waals surface area contributed by atoms with Crippen LogP contribution in [-0.4, -0.2) is 27.2 Å². The number of fused-ring (bicyclic) bond motifs is 1. The van der Waals surface area contributed by atoms with E-state index in [-0.39, 0.29) is 17.4 Å². The number of carbonyl (C=O) groups is 2. The summed E-state index contributed by atoms with van der Waals surface area (Å²) in [6.45, 7) is 0. The highest BCUT2D eigenvalue weighted by Crippen LogP contribution is 2.48. The molecule has 1 saturated carbocycles. The van der Waals surface area contributed by atoms with Gasteiger partial charge in [-0.3, -0.25) is 14.5 Å². The van der Waals surface area contributed by atoms with Crippen molar-refractivity contribution in [3.63, 3.8) is 0 Å². The van der Waals surface area contributed by atoms with E-state index in [1.54, 1.807) is 24.3 Å². The normalized spacial score (nSPS) is 18.7. The SMILES string of the molecule is O=C1c2ccccc2C(=O)N1C1(CCc2ccc(Cl)[nH]2)CC1. The maximum atomic E-state index is 12.6.